The molecule has 0 N–H and O–H groups in total. The van der Waals surface area contributed by atoms with E-state index in [0.717, 1.165) is 30.6 Å². The summed E-state index contributed by atoms with van der Waals surface area (Å²) in [7, 11) is 0. The molecule has 0 aromatic heterocycles. The highest BCUT2D eigenvalue weighted by Gasteiger charge is 2.15. The van der Waals surface area contributed by atoms with E-state index in [-0.39, 0.29) is 5.82 Å². The van der Waals surface area contributed by atoms with E-state index in [1.54, 1.807) is 6.07 Å². The molecule has 86 valence electrons. The van der Waals surface area contributed by atoms with Crippen molar-refractivity contribution in [2.75, 3.05) is 18.0 Å². The summed E-state index contributed by atoms with van der Waals surface area (Å²) in [5.41, 5.74) is 2.05. The third kappa shape index (κ3) is 2.40. The van der Waals surface area contributed by atoms with Crippen LogP contribution in [0.3, 0.4) is 0 Å². The van der Waals surface area contributed by atoms with E-state index in [9.17, 15) is 9.18 Å². The van der Waals surface area contributed by atoms with E-state index in [0.29, 0.717) is 12.8 Å². The van der Waals surface area contributed by atoms with Gasteiger partial charge < -0.3 is 9.69 Å². The van der Waals surface area contributed by atoms with Crippen molar-refractivity contribution in [2.45, 2.75) is 25.7 Å². The fourth-order valence-electron chi connectivity index (χ4n) is 2.24. The number of carbonyl (C=O) groups is 1. The third-order valence-electron chi connectivity index (χ3n) is 3.02. The first-order valence-electron chi connectivity index (χ1n) is 5.78. The van der Waals surface area contributed by atoms with Crippen LogP contribution in [-0.2, 0) is 11.2 Å². The molecule has 0 unspecified atom stereocenters. The van der Waals surface area contributed by atoms with Gasteiger partial charge >= 0.3 is 0 Å². The average Bonchev–Trinajstić information content (AvgIpc) is 2.80. The molecule has 1 aliphatic heterocycles. The predicted molar refractivity (Wildman–Crippen MR) is 62.2 cm³/mol. The van der Waals surface area contributed by atoms with Crippen molar-refractivity contribution < 1.29 is 9.18 Å². The summed E-state index contributed by atoms with van der Waals surface area (Å²) in [6.45, 7) is 2.08. The number of aryl methyl sites for hydroxylation is 1. The zero-order valence-electron chi connectivity index (χ0n) is 9.29. The molecule has 1 aliphatic rings. The van der Waals surface area contributed by atoms with E-state index in [1.807, 2.05) is 6.07 Å². The van der Waals surface area contributed by atoms with Crippen molar-refractivity contribution in [3.8, 4) is 0 Å². The summed E-state index contributed by atoms with van der Waals surface area (Å²) in [6.07, 6.45) is 4.38. The molecule has 0 atom stereocenters. The van der Waals surface area contributed by atoms with Crippen molar-refractivity contribution in [3.63, 3.8) is 0 Å². The van der Waals surface area contributed by atoms with Crippen LogP contribution in [0.25, 0.3) is 0 Å². The van der Waals surface area contributed by atoms with Crippen LogP contribution in [0, 0.1) is 5.82 Å². The zero-order chi connectivity index (χ0) is 11.4. The quantitative estimate of drug-likeness (QED) is 0.728. The lowest BCUT2D eigenvalue weighted by atomic mass is 10.1. The largest absolute Gasteiger partial charge is 0.371 e. The summed E-state index contributed by atoms with van der Waals surface area (Å²) >= 11 is 0. The lowest BCUT2D eigenvalue weighted by Gasteiger charge is -2.21. The molecule has 0 amide bonds. The number of hydrogen-bond acceptors (Lipinski definition) is 2. The first-order chi connectivity index (χ1) is 7.81. The Morgan fingerprint density at radius 2 is 2.06 bits per heavy atom. The van der Waals surface area contributed by atoms with E-state index < -0.39 is 0 Å². The predicted octanol–water partition coefficient (Wildman–Crippen LogP) is 2.56. The number of rotatable bonds is 4. The number of anilines is 1. The van der Waals surface area contributed by atoms with Crippen LogP contribution in [0.5, 0.6) is 0 Å². The Morgan fingerprint density at radius 1 is 1.31 bits per heavy atom. The maximum atomic E-state index is 13.2. The molecule has 16 heavy (non-hydrogen) atoms. The van der Waals surface area contributed by atoms with Gasteiger partial charge in [-0.25, -0.2) is 4.39 Å². The second-order valence-electron chi connectivity index (χ2n) is 4.17. The van der Waals surface area contributed by atoms with Gasteiger partial charge in [-0.15, -0.1) is 0 Å². The molecule has 0 radical (unpaired) electrons. The first kappa shape index (κ1) is 11.1. The molecule has 0 spiro atoms. The van der Waals surface area contributed by atoms with Gasteiger partial charge in [-0.05, 0) is 43.0 Å². The monoisotopic (exact) mass is 221 g/mol. The van der Waals surface area contributed by atoms with Crippen molar-refractivity contribution in [3.05, 3.63) is 29.6 Å². The summed E-state index contributed by atoms with van der Waals surface area (Å²) in [6, 6.07) is 4.88. The smallest absolute Gasteiger partial charge is 0.123 e. The van der Waals surface area contributed by atoms with Crippen LogP contribution in [0.1, 0.15) is 24.8 Å². The Morgan fingerprint density at radius 3 is 2.75 bits per heavy atom. The zero-order valence-corrected chi connectivity index (χ0v) is 9.29. The van der Waals surface area contributed by atoms with Crippen molar-refractivity contribution in [1.82, 2.24) is 0 Å². The van der Waals surface area contributed by atoms with E-state index in [1.165, 1.54) is 18.9 Å². The van der Waals surface area contributed by atoms with Crippen molar-refractivity contribution in [1.29, 1.82) is 0 Å². The molecular weight excluding hydrogens is 205 g/mol. The Kier molecular flexibility index (Phi) is 3.54. The number of halogens is 1. The Bertz CT molecular complexity index is 372. The molecule has 1 fully saturated rings. The maximum absolute atomic E-state index is 13.2. The van der Waals surface area contributed by atoms with E-state index in [4.69, 9.17) is 0 Å². The van der Waals surface area contributed by atoms with Crippen molar-refractivity contribution >= 4 is 12.0 Å². The van der Waals surface area contributed by atoms with E-state index >= 15 is 0 Å². The number of nitrogens with zero attached hydrogens (tertiary/aromatic N) is 1. The number of aldehydes is 1. The van der Waals surface area contributed by atoms with Gasteiger partial charge in [-0.1, -0.05) is 0 Å². The summed E-state index contributed by atoms with van der Waals surface area (Å²) in [5.74, 6) is -0.219. The highest BCUT2D eigenvalue weighted by Crippen LogP contribution is 2.26. The van der Waals surface area contributed by atoms with Gasteiger partial charge in [0.2, 0.25) is 0 Å². The van der Waals surface area contributed by atoms with Crippen LogP contribution in [-0.4, -0.2) is 19.4 Å². The number of carbonyl (C=O) groups excluding carboxylic acids is 1. The lowest BCUT2D eigenvalue weighted by Crippen LogP contribution is -2.19. The van der Waals surface area contributed by atoms with Gasteiger partial charge in [0.1, 0.15) is 12.1 Å². The topological polar surface area (TPSA) is 20.3 Å². The summed E-state index contributed by atoms with van der Waals surface area (Å²) in [4.78, 5) is 12.7. The maximum Gasteiger partial charge on any atom is 0.123 e. The van der Waals surface area contributed by atoms with Crippen LogP contribution < -0.4 is 4.90 Å². The highest BCUT2D eigenvalue weighted by molar-refractivity contribution is 5.57. The molecule has 1 heterocycles. The van der Waals surface area contributed by atoms with Crippen LogP contribution in [0.2, 0.25) is 0 Å². The van der Waals surface area contributed by atoms with Crippen LogP contribution in [0.4, 0.5) is 10.1 Å². The van der Waals surface area contributed by atoms with Crippen LogP contribution in [0.15, 0.2) is 18.2 Å². The Labute approximate surface area is 95.1 Å². The Balaban J connectivity index is 2.23. The normalized spacial score (nSPS) is 15.4. The van der Waals surface area contributed by atoms with Crippen molar-refractivity contribution in [2.24, 2.45) is 0 Å². The summed E-state index contributed by atoms with van der Waals surface area (Å²) in [5, 5.41) is 0. The number of benzene rings is 1. The number of hydrogen-bond donors (Lipinski definition) is 0. The lowest BCUT2D eigenvalue weighted by molar-refractivity contribution is -0.107. The van der Waals surface area contributed by atoms with Gasteiger partial charge in [0.05, 0.1) is 0 Å². The summed E-state index contributed by atoms with van der Waals surface area (Å²) < 4.78 is 13.2. The molecule has 1 aromatic carbocycles. The molecule has 1 aromatic rings. The molecule has 0 saturated carbocycles. The SMILES string of the molecule is O=CCCc1cc(F)ccc1N1CCCC1. The fourth-order valence-corrected chi connectivity index (χ4v) is 2.24. The van der Waals surface area contributed by atoms with Gasteiger partial charge in [-0.3, -0.25) is 0 Å². The minimum Gasteiger partial charge on any atom is -0.371 e. The van der Waals surface area contributed by atoms with Gasteiger partial charge in [0.15, 0.2) is 0 Å². The molecular formula is C13H16FNO. The second kappa shape index (κ2) is 5.10. The highest BCUT2D eigenvalue weighted by atomic mass is 19.1. The van der Waals surface area contributed by atoms with Gasteiger partial charge in [0.25, 0.3) is 0 Å². The van der Waals surface area contributed by atoms with Gasteiger partial charge in [-0.2, -0.15) is 0 Å². The minimum absolute atomic E-state index is 0.219. The Hall–Kier alpha value is -1.38. The molecule has 1 saturated heterocycles. The minimum atomic E-state index is -0.219. The fraction of sp³-hybridized carbons (Fsp3) is 0.462. The molecule has 2 rings (SSSR count). The molecule has 0 bridgehead atoms. The molecule has 0 aliphatic carbocycles. The third-order valence-corrected chi connectivity index (χ3v) is 3.02. The molecule has 3 heteroatoms. The van der Waals surface area contributed by atoms with Crippen LogP contribution >= 0.6 is 0 Å². The van der Waals surface area contributed by atoms with Gasteiger partial charge in [0, 0.05) is 25.2 Å². The second-order valence-corrected chi connectivity index (χ2v) is 4.17. The first-order valence-corrected chi connectivity index (χ1v) is 5.78. The standard InChI is InChI=1S/C13H16FNO/c14-12-5-6-13(15-7-1-2-8-15)11(10-12)4-3-9-16/h5-6,9-10H,1-4,7-8H2. The van der Waals surface area contributed by atoms with E-state index in [2.05, 4.69) is 4.90 Å². The average molecular weight is 221 g/mol. The molecule has 2 nitrogen and oxygen atoms in total.